The second kappa shape index (κ2) is 7.77. The van der Waals surface area contributed by atoms with E-state index in [1.807, 2.05) is 24.3 Å². The first-order valence-electron chi connectivity index (χ1n) is 7.65. The van der Waals surface area contributed by atoms with Crippen molar-refractivity contribution in [2.45, 2.75) is 25.3 Å². The third-order valence-corrected chi connectivity index (χ3v) is 5.25. The molecule has 2 fully saturated rings. The first-order valence-corrected chi connectivity index (χ1v) is 8.44. The molecule has 1 saturated carbocycles. The summed E-state index contributed by atoms with van der Waals surface area (Å²) in [4.78, 5) is 14.4. The van der Waals surface area contributed by atoms with Crippen LogP contribution in [0.25, 0.3) is 0 Å². The number of nitrogens with two attached hydrogens (primary N) is 1. The first-order chi connectivity index (χ1) is 10.1. The number of benzene rings is 1. The standard InChI is InChI=1S/C16H22BrN3O.ClH/c17-12-4-6-13(7-5-12)19-16(21)10-20-8-11-2-1-3-15(18)14(11)9-20;/h4-7,11,14-15H,1-3,8-10,18H2,(H,19,21);1H. The highest BCUT2D eigenvalue weighted by atomic mass is 79.9. The number of anilines is 1. The predicted molar refractivity (Wildman–Crippen MR) is 95.3 cm³/mol. The van der Waals surface area contributed by atoms with Crippen molar-refractivity contribution in [3.8, 4) is 0 Å². The largest absolute Gasteiger partial charge is 0.327 e. The molecule has 1 amide bonds. The van der Waals surface area contributed by atoms with E-state index >= 15 is 0 Å². The maximum absolute atomic E-state index is 12.1. The topological polar surface area (TPSA) is 58.4 Å². The minimum atomic E-state index is 0. The van der Waals surface area contributed by atoms with Gasteiger partial charge in [0.05, 0.1) is 6.54 Å². The van der Waals surface area contributed by atoms with E-state index in [0.717, 1.165) is 29.7 Å². The molecule has 0 aromatic heterocycles. The van der Waals surface area contributed by atoms with Gasteiger partial charge in [-0.2, -0.15) is 0 Å². The van der Waals surface area contributed by atoms with Crippen LogP contribution in [0.15, 0.2) is 28.7 Å². The molecule has 3 atom stereocenters. The number of hydrogen-bond donors (Lipinski definition) is 2. The molecule has 3 N–H and O–H groups in total. The summed E-state index contributed by atoms with van der Waals surface area (Å²) < 4.78 is 1.01. The summed E-state index contributed by atoms with van der Waals surface area (Å²) >= 11 is 3.39. The van der Waals surface area contributed by atoms with E-state index in [1.54, 1.807) is 0 Å². The third kappa shape index (κ3) is 4.22. The Balaban J connectivity index is 0.00000176. The minimum Gasteiger partial charge on any atom is -0.327 e. The molecule has 22 heavy (non-hydrogen) atoms. The van der Waals surface area contributed by atoms with Gasteiger partial charge in [-0.05, 0) is 48.9 Å². The smallest absolute Gasteiger partial charge is 0.238 e. The number of nitrogens with zero attached hydrogens (tertiary/aromatic N) is 1. The lowest BCUT2D eigenvalue weighted by Crippen LogP contribution is -2.38. The van der Waals surface area contributed by atoms with Crippen LogP contribution in [-0.4, -0.2) is 36.5 Å². The predicted octanol–water partition coefficient (Wildman–Crippen LogP) is 2.87. The number of amides is 1. The quantitative estimate of drug-likeness (QED) is 0.837. The summed E-state index contributed by atoms with van der Waals surface area (Å²) in [6.07, 6.45) is 3.64. The molecule has 0 bridgehead atoms. The molecule has 1 aliphatic heterocycles. The number of nitrogens with one attached hydrogen (secondary N) is 1. The van der Waals surface area contributed by atoms with Gasteiger partial charge in [0.2, 0.25) is 5.91 Å². The molecule has 6 heteroatoms. The first kappa shape index (κ1) is 17.7. The highest BCUT2D eigenvalue weighted by molar-refractivity contribution is 9.10. The van der Waals surface area contributed by atoms with Gasteiger partial charge in [-0.3, -0.25) is 9.69 Å². The number of hydrogen-bond acceptors (Lipinski definition) is 3. The molecule has 1 aromatic rings. The SMILES string of the molecule is Cl.NC1CCCC2CN(CC(=O)Nc3ccc(Br)cc3)CC12. The molecule has 4 nitrogen and oxygen atoms in total. The number of halogens is 2. The average Bonchev–Trinajstić information content (AvgIpc) is 2.85. The molecule has 1 saturated heterocycles. The van der Waals surface area contributed by atoms with Crippen molar-refractivity contribution in [3.05, 3.63) is 28.7 Å². The fraction of sp³-hybridized carbons (Fsp3) is 0.562. The molecule has 1 heterocycles. The van der Waals surface area contributed by atoms with Gasteiger partial charge in [0.1, 0.15) is 0 Å². The molecule has 0 radical (unpaired) electrons. The Hall–Kier alpha value is -0.620. The highest BCUT2D eigenvalue weighted by Crippen LogP contribution is 2.35. The van der Waals surface area contributed by atoms with E-state index in [2.05, 4.69) is 26.1 Å². The zero-order valence-electron chi connectivity index (χ0n) is 12.5. The second-order valence-corrected chi connectivity index (χ2v) is 7.18. The van der Waals surface area contributed by atoms with Gasteiger partial charge in [0, 0.05) is 29.3 Å². The molecule has 3 unspecified atom stereocenters. The van der Waals surface area contributed by atoms with Gasteiger partial charge in [0.15, 0.2) is 0 Å². The summed E-state index contributed by atoms with van der Waals surface area (Å²) in [5.41, 5.74) is 7.06. The Bertz CT molecular complexity index is 511. The van der Waals surface area contributed by atoms with Crippen LogP contribution in [0.3, 0.4) is 0 Å². The van der Waals surface area contributed by atoms with Crippen LogP contribution in [0.4, 0.5) is 5.69 Å². The van der Waals surface area contributed by atoms with Crippen LogP contribution >= 0.6 is 28.3 Å². The fourth-order valence-electron chi connectivity index (χ4n) is 3.67. The van der Waals surface area contributed by atoms with Crippen molar-refractivity contribution in [1.29, 1.82) is 0 Å². The van der Waals surface area contributed by atoms with E-state index in [0.29, 0.717) is 24.4 Å². The van der Waals surface area contributed by atoms with Gasteiger partial charge < -0.3 is 11.1 Å². The molecule has 1 aromatic carbocycles. The molecule has 1 aliphatic carbocycles. The molecule has 122 valence electrons. The van der Waals surface area contributed by atoms with Gasteiger partial charge >= 0.3 is 0 Å². The van der Waals surface area contributed by atoms with Crippen LogP contribution < -0.4 is 11.1 Å². The Morgan fingerprint density at radius 3 is 2.68 bits per heavy atom. The maximum atomic E-state index is 12.1. The lowest BCUT2D eigenvalue weighted by atomic mass is 9.78. The van der Waals surface area contributed by atoms with E-state index in [9.17, 15) is 4.79 Å². The maximum Gasteiger partial charge on any atom is 0.238 e. The van der Waals surface area contributed by atoms with E-state index < -0.39 is 0 Å². The van der Waals surface area contributed by atoms with Crippen molar-refractivity contribution >= 4 is 39.9 Å². The molecule has 2 aliphatic rings. The summed E-state index contributed by atoms with van der Waals surface area (Å²) in [5.74, 6) is 1.33. The Morgan fingerprint density at radius 2 is 2.00 bits per heavy atom. The van der Waals surface area contributed by atoms with Crippen molar-refractivity contribution in [2.75, 3.05) is 25.0 Å². The Morgan fingerprint density at radius 1 is 1.27 bits per heavy atom. The van der Waals surface area contributed by atoms with Gasteiger partial charge in [-0.1, -0.05) is 22.4 Å². The van der Waals surface area contributed by atoms with Crippen molar-refractivity contribution < 1.29 is 4.79 Å². The van der Waals surface area contributed by atoms with E-state index in [4.69, 9.17) is 5.73 Å². The third-order valence-electron chi connectivity index (χ3n) is 4.72. The summed E-state index contributed by atoms with van der Waals surface area (Å²) in [5, 5.41) is 2.96. The normalized spacial score (nSPS) is 27.8. The van der Waals surface area contributed by atoms with Gasteiger partial charge in [-0.25, -0.2) is 0 Å². The number of carbonyl (C=O) groups is 1. The second-order valence-electron chi connectivity index (χ2n) is 6.27. The highest BCUT2D eigenvalue weighted by Gasteiger charge is 2.38. The van der Waals surface area contributed by atoms with E-state index in [1.165, 1.54) is 12.8 Å². The number of rotatable bonds is 3. The van der Waals surface area contributed by atoms with Crippen molar-refractivity contribution in [1.82, 2.24) is 4.90 Å². The summed E-state index contributed by atoms with van der Waals surface area (Å²) in [6, 6.07) is 7.99. The van der Waals surface area contributed by atoms with E-state index in [-0.39, 0.29) is 18.3 Å². The Kier molecular flexibility index (Phi) is 6.26. The summed E-state index contributed by atoms with van der Waals surface area (Å²) in [6.45, 7) is 2.46. The molecule has 3 rings (SSSR count). The molecule has 0 spiro atoms. The minimum absolute atomic E-state index is 0. The van der Waals surface area contributed by atoms with Crippen molar-refractivity contribution in [3.63, 3.8) is 0 Å². The zero-order chi connectivity index (χ0) is 14.8. The lowest BCUT2D eigenvalue weighted by Gasteiger charge is -2.29. The molecular formula is C16H23BrClN3O. The fourth-order valence-corrected chi connectivity index (χ4v) is 3.94. The van der Waals surface area contributed by atoms with Gasteiger partial charge in [0.25, 0.3) is 0 Å². The Labute approximate surface area is 146 Å². The average molecular weight is 389 g/mol. The monoisotopic (exact) mass is 387 g/mol. The van der Waals surface area contributed by atoms with Crippen LogP contribution in [0.1, 0.15) is 19.3 Å². The number of likely N-dealkylation sites (tertiary alicyclic amines) is 1. The van der Waals surface area contributed by atoms with Crippen molar-refractivity contribution in [2.24, 2.45) is 17.6 Å². The van der Waals surface area contributed by atoms with Crippen LogP contribution in [-0.2, 0) is 4.79 Å². The zero-order valence-corrected chi connectivity index (χ0v) is 14.9. The lowest BCUT2D eigenvalue weighted by molar-refractivity contribution is -0.117. The number of fused-ring (bicyclic) bond motifs is 1. The summed E-state index contributed by atoms with van der Waals surface area (Å²) in [7, 11) is 0. The number of carbonyl (C=O) groups excluding carboxylic acids is 1. The van der Waals surface area contributed by atoms with Gasteiger partial charge in [-0.15, -0.1) is 12.4 Å². The van der Waals surface area contributed by atoms with Crippen LogP contribution in [0.2, 0.25) is 0 Å². The molecular weight excluding hydrogens is 366 g/mol. The van der Waals surface area contributed by atoms with Crippen LogP contribution in [0.5, 0.6) is 0 Å². The van der Waals surface area contributed by atoms with Crippen LogP contribution in [0, 0.1) is 11.8 Å².